The number of pyridine rings is 1. The lowest BCUT2D eigenvalue weighted by molar-refractivity contribution is -0.198. The minimum absolute atomic E-state index is 0.143. The van der Waals surface area contributed by atoms with Gasteiger partial charge in [0, 0.05) is 0 Å². The van der Waals surface area contributed by atoms with Crippen LogP contribution in [0.1, 0.15) is 6.92 Å². The van der Waals surface area contributed by atoms with E-state index in [0.29, 0.717) is 12.3 Å². The number of anilines is 2. The van der Waals surface area contributed by atoms with Gasteiger partial charge >= 0.3 is 6.18 Å². The van der Waals surface area contributed by atoms with Crippen LogP contribution in [0.3, 0.4) is 0 Å². The quantitative estimate of drug-likeness (QED) is 0.749. The maximum atomic E-state index is 12.1. The third kappa shape index (κ3) is 3.95. The summed E-state index contributed by atoms with van der Waals surface area (Å²) in [6, 6.07) is 2.86. The van der Waals surface area contributed by atoms with Crippen LogP contribution in [0.5, 0.6) is 5.88 Å². The summed E-state index contributed by atoms with van der Waals surface area (Å²) in [6.07, 6.45) is -7.11. The Labute approximate surface area is 102 Å². The Hall–Kier alpha value is -1.70. The van der Waals surface area contributed by atoms with Crippen LogP contribution < -0.4 is 15.8 Å². The van der Waals surface area contributed by atoms with Gasteiger partial charge in [-0.05, 0) is 19.1 Å². The van der Waals surface area contributed by atoms with Gasteiger partial charge in [-0.3, -0.25) is 0 Å². The van der Waals surface area contributed by atoms with Gasteiger partial charge in [-0.15, -0.1) is 0 Å². The first-order valence-electron chi connectivity index (χ1n) is 5.22. The summed E-state index contributed by atoms with van der Waals surface area (Å²) in [5.74, 6) is 0.292. The first-order valence-corrected chi connectivity index (χ1v) is 5.22. The Morgan fingerprint density at radius 2 is 2.17 bits per heavy atom. The van der Waals surface area contributed by atoms with E-state index in [1.807, 2.05) is 0 Å². The molecule has 1 unspecified atom stereocenters. The fourth-order valence-electron chi connectivity index (χ4n) is 1.12. The predicted molar refractivity (Wildman–Crippen MR) is 60.4 cm³/mol. The number of aromatic nitrogens is 1. The molecule has 0 saturated carbocycles. The highest BCUT2D eigenvalue weighted by Crippen LogP contribution is 2.22. The average Bonchev–Trinajstić information content (AvgIpc) is 2.28. The van der Waals surface area contributed by atoms with Crippen LogP contribution in [-0.2, 0) is 0 Å². The number of hydrogen-bond donors (Lipinski definition) is 3. The number of alkyl halides is 3. The second-order valence-corrected chi connectivity index (χ2v) is 3.46. The first kappa shape index (κ1) is 14.4. The monoisotopic (exact) mass is 265 g/mol. The molecule has 0 radical (unpaired) electrons. The molecule has 0 bridgehead atoms. The largest absolute Gasteiger partial charge is 0.476 e. The number of ether oxygens (including phenoxy) is 1. The molecule has 18 heavy (non-hydrogen) atoms. The number of aliphatic hydroxyl groups excluding tert-OH is 1. The average molecular weight is 265 g/mol. The topological polar surface area (TPSA) is 80.4 Å². The first-order chi connectivity index (χ1) is 8.34. The fraction of sp³-hybridized carbons (Fsp3) is 0.500. The molecule has 1 atom stereocenters. The van der Waals surface area contributed by atoms with Gasteiger partial charge in [0.05, 0.1) is 18.8 Å². The molecule has 0 amide bonds. The number of nitrogens with two attached hydrogens (primary N) is 1. The lowest BCUT2D eigenvalue weighted by Gasteiger charge is -2.16. The molecule has 4 N–H and O–H groups in total. The van der Waals surface area contributed by atoms with Gasteiger partial charge in [0.25, 0.3) is 0 Å². The summed E-state index contributed by atoms with van der Waals surface area (Å²) >= 11 is 0. The molecule has 102 valence electrons. The number of rotatable bonds is 5. The third-order valence-corrected chi connectivity index (χ3v) is 2.03. The maximum Gasteiger partial charge on any atom is 0.416 e. The van der Waals surface area contributed by atoms with E-state index in [4.69, 9.17) is 15.6 Å². The summed E-state index contributed by atoms with van der Waals surface area (Å²) in [5.41, 5.74) is 5.85. The molecule has 1 aromatic rings. The van der Waals surface area contributed by atoms with Crippen LogP contribution in [0.4, 0.5) is 24.7 Å². The van der Waals surface area contributed by atoms with Gasteiger partial charge in [0.1, 0.15) is 5.82 Å². The standard InChI is InChI=1S/C10H14F3N3O2/c1-2-18-9-6(14)3-4-8(16-9)15-5-7(17)10(11,12)13/h3-4,7,17H,2,5,14H2,1H3,(H,15,16). The molecule has 0 spiro atoms. The summed E-state index contributed by atoms with van der Waals surface area (Å²) in [5, 5.41) is 11.2. The van der Waals surface area contributed by atoms with E-state index in [0.717, 1.165) is 0 Å². The molecule has 1 aromatic heterocycles. The smallest absolute Gasteiger partial charge is 0.416 e. The van der Waals surface area contributed by atoms with E-state index >= 15 is 0 Å². The molecule has 5 nitrogen and oxygen atoms in total. The van der Waals surface area contributed by atoms with Gasteiger partial charge < -0.3 is 20.9 Å². The number of hydrogen-bond acceptors (Lipinski definition) is 5. The zero-order valence-corrected chi connectivity index (χ0v) is 9.66. The number of halogens is 3. The van der Waals surface area contributed by atoms with Crippen molar-refractivity contribution in [2.45, 2.75) is 19.2 Å². The molecule has 0 fully saturated rings. The Bertz CT molecular complexity index is 398. The molecule has 1 heterocycles. The van der Waals surface area contributed by atoms with Crippen molar-refractivity contribution in [1.82, 2.24) is 4.98 Å². The minimum Gasteiger partial charge on any atom is -0.476 e. The number of nitrogen functional groups attached to an aromatic ring is 1. The van der Waals surface area contributed by atoms with Crippen molar-refractivity contribution in [2.24, 2.45) is 0 Å². The molecule has 0 aliphatic heterocycles. The predicted octanol–water partition coefficient (Wildman–Crippen LogP) is 1.40. The normalized spacial score (nSPS) is 13.2. The van der Waals surface area contributed by atoms with Crippen molar-refractivity contribution in [3.8, 4) is 5.88 Å². The maximum absolute atomic E-state index is 12.1. The van der Waals surface area contributed by atoms with Gasteiger partial charge in [0.15, 0.2) is 6.10 Å². The van der Waals surface area contributed by atoms with Crippen molar-refractivity contribution in [1.29, 1.82) is 0 Å². The Kier molecular flexibility index (Phi) is 4.60. The van der Waals surface area contributed by atoms with Gasteiger partial charge in [0.2, 0.25) is 5.88 Å². The SMILES string of the molecule is CCOc1nc(NCC(O)C(F)(F)F)ccc1N. The fourth-order valence-corrected chi connectivity index (χ4v) is 1.12. The zero-order chi connectivity index (χ0) is 13.8. The van der Waals surface area contributed by atoms with E-state index in [2.05, 4.69) is 10.3 Å². The lowest BCUT2D eigenvalue weighted by Crippen LogP contribution is -2.35. The summed E-state index contributed by atoms with van der Waals surface area (Å²) in [6.45, 7) is 1.38. The van der Waals surface area contributed by atoms with Crippen LogP contribution in [-0.4, -0.2) is 35.5 Å². The molecule has 1 rings (SSSR count). The van der Waals surface area contributed by atoms with Crippen molar-refractivity contribution in [2.75, 3.05) is 24.2 Å². The molecule has 8 heteroatoms. The number of aliphatic hydroxyl groups is 1. The second-order valence-electron chi connectivity index (χ2n) is 3.46. The molecule has 0 saturated heterocycles. The van der Waals surface area contributed by atoms with E-state index in [1.165, 1.54) is 12.1 Å². The van der Waals surface area contributed by atoms with Crippen molar-refractivity contribution in [3.63, 3.8) is 0 Å². The highest BCUT2D eigenvalue weighted by atomic mass is 19.4. The summed E-state index contributed by atoms with van der Waals surface area (Å²) in [4.78, 5) is 3.88. The molecule has 0 aliphatic rings. The van der Waals surface area contributed by atoms with Crippen molar-refractivity contribution in [3.05, 3.63) is 12.1 Å². The van der Waals surface area contributed by atoms with E-state index in [1.54, 1.807) is 6.92 Å². The molecule has 0 aliphatic carbocycles. The van der Waals surface area contributed by atoms with Crippen LogP contribution in [0.2, 0.25) is 0 Å². The van der Waals surface area contributed by atoms with Crippen molar-refractivity contribution >= 4 is 11.5 Å². The molecule has 0 aromatic carbocycles. The Morgan fingerprint density at radius 1 is 1.50 bits per heavy atom. The number of nitrogens with one attached hydrogen (secondary N) is 1. The van der Waals surface area contributed by atoms with Crippen LogP contribution >= 0.6 is 0 Å². The third-order valence-electron chi connectivity index (χ3n) is 2.03. The molecular formula is C10H14F3N3O2. The van der Waals surface area contributed by atoms with Gasteiger partial charge in [-0.1, -0.05) is 0 Å². The van der Waals surface area contributed by atoms with E-state index in [9.17, 15) is 13.2 Å². The highest BCUT2D eigenvalue weighted by molar-refractivity contribution is 5.53. The lowest BCUT2D eigenvalue weighted by atomic mass is 10.3. The zero-order valence-electron chi connectivity index (χ0n) is 9.66. The molecular weight excluding hydrogens is 251 g/mol. The Morgan fingerprint density at radius 3 is 2.72 bits per heavy atom. The van der Waals surface area contributed by atoms with E-state index in [-0.39, 0.29) is 11.7 Å². The minimum atomic E-state index is -4.66. The van der Waals surface area contributed by atoms with Crippen LogP contribution in [0, 0.1) is 0 Å². The Balaban J connectivity index is 2.65. The van der Waals surface area contributed by atoms with Crippen molar-refractivity contribution < 1.29 is 23.0 Å². The van der Waals surface area contributed by atoms with Gasteiger partial charge in [-0.2, -0.15) is 18.2 Å². The highest BCUT2D eigenvalue weighted by Gasteiger charge is 2.37. The summed E-state index contributed by atoms with van der Waals surface area (Å²) in [7, 11) is 0. The van der Waals surface area contributed by atoms with Crippen LogP contribution in [0.15, 0.2) is 12.1 Å². The van der Waals surface area contributed by atoms with Crippen LogP contribution in [0.25, 0.3) is 0 Å². The summed E-state index contributed by atoms with van der Waals surface area (Å²) < 4.78 is 41.3. The second kappa shape index (κ2) is 5.76. The van der Waals surface area contributed by atoms with E-state index < -0.39 is 18.8 Å². The van der Waals surface area contributed by atoms with Gasteiger partial charge in [-0.25, -0.2) is 0 Å². The number of nitrogens with zero attached hydrogens (tertiary/aromatic N) is 1.